The van der Waals surface area contributed by atoms with Crippen LogP contribution >= 0.6 is 0 Å². The van der Waals surface area contributed by atoms with Crippen LogP contribution in [0.1, 0.15) is 38.7 Å². The number of benzene rings is 1. The third kappa shape index (κ3) is 4.07. The molecule has 0 aliphatic heterocycles. The highest BCUT2D eigenvalue weighted by molar-refractivity contribution is 5.86. The van der Waals surface area contributed by atoms with Crippen LogP contribution in [0.5, 0.6) is 0 Å². The second kappa shape index (κ2) is 6.93. The van der Waals surface area contributed by atoms with E-state index in [0.29, 0.717) is 12.8 Å². The zero-order chi connectivity index (χ0) is 10.4. The van der Waals surface area contributed by atoms with Gasteiger partial charge in [-0.2, -0.15) is 0 Å². The van der Waals surface area contributed by atoms with Gasteiger partial charge in [-0.15, -0.1) is 0 Å². The molecule has 82 valence electrons. The van der Waals surface area contributed by atoms with E-state index in [-0.39, 0.29) is 19.1 Å². The molecule has 0 aromatic heterocycles. The van der Waals surface area contributed by atoms with Crippen molar-refractivity contribution in [2.45, 2.75) is 33.1 Å². The van der Waals surface area contributed by atoms with Gasteiger partial charge in [0.25, 0.3) is 0 Å². The van der Waals surface area contributed by atoms with Gasteiger partial charge in [-0.25, -0.2) is 0 Å². The first-order chi connectivity index (χ1) is 6.75. The number of Topliss-reactive ketones (excluding diaryl/α,β-unsaturated/α-hetero) is 1. The van der Waals surface area contributed by atoms with E-state index in [4.69, 9.17) is 0 Å². The molecule has 2 heteroatoms. The molecule has 0 radical (unpaired) electrons. The Hall–Kier alpha value is -1.44. The van der Waals surface area contributed by atoms with E-state index >= 15 is 0 Å². The lowest BCUT2D eigenvalue weighted by Crippen LogP contribution is -2.08. The maximum Gasteiger partial charge on any atom is 0.140 e. The summed E-state index contributed by atoms with van der Waals surface area (Å²) < 4.78 is 0. The van der Waals surface area contributed by atoms with E-state index in [0.717, 1.165) is 11.8 Å². The molecule has 0 N–H and O–H groups in total. The van der Waals surface area contributed by atoms with E-state index in [9.17, 15) is 9.59 Å². The fourth-order valence-corrected chi connectivity index (χ4v) is 1.35. The lowest BCUT2D eigenvalue weighted by Gasteiger charge is -2.09. The van der Waals surface area contributed by atoms with Crippen molar-refractivity contribution in [2.75, 3.05) is 0 Å². The highest BCUT2D eigenvalue weighted by atomic mass is 16.1. The molecule has 0 fully saturated rings. The number of carbonyl (C=O) groups excluding carboxylic acids is 2. The molecule has 0 aliphatic carbocycles. The Bertz CT molecular complexity index is 304. The molecular formula is C13H18O2. The van der Waals surface area contributed by atoms with Crippen molar-refractivity contribution >= 4 is 12.1 Å². The zero-order valence-corrected chi connectivity index (χ0v) is 8.27. The Kier molecular flexibility index (Phi) is 6.27. The second-order valence-corrected chi connectivity index (χ2v) is 3.30. The lowest BCUT2D eigenvalue weighted by molar-refractivity contribution is -0.121. The molecule has 1 aromatic rings. The topological polar surface area (TPSA) is 34.1 Å². The molecule has 0 saturated carbocycles. The Morgan fingerprint density at radius 3 is 2.47 bits per heavy atom. The van der Waals surface area contributed by atoms with Gasteiger partial charge in [0.15, 0.2) is 0 Å². The predicted octanol–water partition coefficient (Wildman–Crippen LogP) is 2.97. The summed E-state index contributed by atoms with van der Waals surface area (Å²) in [7, 11) is 0. The van der Waals surface area contributed by atoms with Crippen LogP contribution in [-0.2, 0) is 9.59 Å². The summed E-state index contributed by atoms with van der Waals surface area (Å²) in [5.41, 5.74) is 1.02. The summed E-state index contributed by atoms with van der Waals surface area (Å²) in [5.74, 6) is 0.0273. The molecule has 2 nitrogen and oxygen atoms in total. The van der Waals surface area contributed by atoms with E-state index < -0.39 is 0 Å². The van der Waals surface area contributed by atoms with E-state index in [1.54, 1.807) is 0 Å². The highest BCUT2D eigenvalue weighted by Gasteiger charge is 2.13. The summed E-state index contributed by atoms with van der Waals surface area (Å²) >= 11 is 0. The molecule has 0 amide bonds. The van der Waals surface area contributed by atoms with Crippen LogP contribution in [0.4, 0.5) is 0 Å². The van der Waals surface area contributed by atoms with Gasteiger partial charge in [0.2, 0.25) is 0 Å². The monoisotopic (exact) mass is 206 g/mol. The van der Waals surface area contributed by atoms with Gasteiger partial charge >= 0.3 is 0 Å². The highest BCUT2D eigenvalue weighted by Crippen LogP contribution is 2.17. The van der Waals surface area contributed by atoms with Gasteiger partial charge in [0.1, 0.15) is 12.1 Å². The largest absolute Gasteiger partial charge is 0.303 e. The Balaban J connectivity index is 0.00000196. The standard InChI is InChI=1S/C12H14O2.CH4/c1-10(12(14)8-5-9-13)11-6-3-2-4-7-11;/h2-4,6-7,9-10H,5,8H2,1H3;1H4. The van der Waals surface area contributed by atoms with Crippen molar-refractivity contribution in [3.63, 3.8) is 0 Å². The minimum absolute atomic E-state index is 0. The number of hydrogen-bond acceptors (Lipinski definition) is 2. The zero-order valence-electron chi connectivity index (χ0n) is 8.27. The van der Waals surface area contributed by atoms with E-state index in [2.05, 4.69) is 0 Å². The van der Waals surface area contributed by atoms with E-state index in [1.807, 2.05) is 37.3 Å². The van der Waals surface area contributed by atoms with Gasteiger partial charge < -0.3 is 4.79 Å². The molecule has 1 unspecified atom stereocenters. The third-order valence-electron chi connectivity index (χ3n) is 2.29. The smallest absolute Gasteiger partial charge is 0.140 e. The van der Waals surface area contributed by atoms with Gasteiger partial charge in [-0.05, 0) is 5.56 Å². The molecule has 1 aromatic carbocycles. The predicted molar refractivity (Wildman–Crippen MR) is 61.9 cm³/mol. The Morgan fingerprint density at radius 2 is 1.93 bits per heavy atom. The number of rotatable bonds is 5. The number of ketones is 1. The first-order valence-corrected chi connectivity index (χ1v) is 4.77. The van der Waals surface area contributed by atoms with Crippen LogP contribution in [0.3, 0.4) is 0 Å². The van der Waals surface area contributed by atoms with Gasteiger partial charge in [0, 0.05) is 18.8 Å². The normalized spacial score (nSPS) is 11.3. The van der Waals surface area contributed by atoms with Gasteiger partial charge in [-0.3, -0.25) is 4.79 Å². The van der Waals surface area contributed by atoms with Crippen LogP contribution < -0.4 is 0 Å². The molecule has 1 rings (SSSR count). The summed E-state index contributed by atoms with van der Waals surface area (Å²) in [4.78, 5) is 21.7. The number of carbonyl (C=O) groups is 2. The SMILES string of the molecule is C.CC(C(=O)CCC=O)c1ccccc1. The maximum absolute atomic E-state index is 11.5. The van der Waals surface area contributed by atoms with Crippen molar-refractivity contribution in [1.29, 1.82) is 0 Å². The van der Waals surface area contributed by atoms with E-state index in [1.165, 1.54) is 0 Å². The van der Waals surface area contributed by atoms with Crippen LogP contribution in [0.2, 0.25) is 0 Å². The molecule has 1 atom stereocenters. The lowest BCUT2D eigenvalue weighted by atomic mass is 9.94. The van der Waals surface area contributed by atoms with Gasteiger partial charge in [0.05, 0.1) is 0 Å². The van der Waals surface area contributed by atoms with Crippen LogP contribution in [0.25, 0.3) is 0 Å². The second-order valence-electron chi connectivity index (χ2n) is 3.30. The quantitative estimate of drug-likeness (QED) is 0.694. The van der Waals surface area contributed by atoms with Crippen LogP contribution in [0.15, 0.2) is 30.3 Å². The van der Waals surface area contributed by atoms with Crippen LogP contribution in [0, 0.1) is 0 Å². The van der Waals surface area contributed by atoms with Crippen molar-refractivity contribution in [1.82, 2.24) is 0 Å². The van der Waals surface area contributed by atoms with Crippen molar-refractivity contribution in [2.24, 2.45) is 0 Å². The Morgan fingerprint density at radius 1 is 1.33 bits per heavy atom. The molecule has 0 spiro atoms. The third-order valence-corrected chi connectivity index (χ3v) is 2.29. The summed E-state index contributed by atoms with van der Waals surface area (Å²) in [5, 5.41) is 0. The average molecular weight is 206 g/mol. The molecule has 0 bridgehead atoms. The first kappa shape index (κ1) is 13.6. The molecule has 0 saturated heterocycles. The van der Waals surface area contributed by atoms with Crippen LogP contribution in [-0.4, -0.2) is 12.1 Å². The molecule has 0 heterocycles. The molecular weight excluding hydrogens is 188 g/mol. The number of aldehydes is 1. The summed E-state index contributed by atoms with van der Waals surface area (Å²) in [6.45, 7) is 1.88. The minimum Gasteiger partial charge on any atom is -0.303 e. The summed E-state index contributed by atoms with van der Waals surface area (Å²) in [6.07, 6.45) is 1.46. The van der Waals surface area contributed by atoms with Crippen molar-refractivity contribution < 1.29 is 9.59 Å². The van der Waals surface area contributed by atoms with Crippen molar-refractivity contribution in [3.05, 3.63) is 35.9 Å². The fraction of sp³-hybridized carbons (Fsp3) is 0.385. The molecule has 0 aliphatic rings. The minimum atomic E-state index is -0.101. The Labute approximate surface area is 91.3 Å². The number of hydrogen-bond donors (Lipinski definition) is 0. The first-order valence-electron chi connectivity index (χ1n) is 4.77. The van der Waals surface area contributed by atoms with Crippen molar-refractivity contribution in [3.8, 4) is 0 Å². The summed E-state index contributed by atoms with van der Waals surface area (Å²) in [6, 6.07) is 9.62. The maximum atomic E-state index is 11.5. The average Bonchev–Trinajstić information content (AvgIpc) is 2.26. The molecule has 15 heavy (non-hydrogen) atoms. The van der Waals surface area contributed by atoms with Gasteiger partial charge in [-0.1, -0.05) is 44.7 Å². The fourth-order valence-electron chi connectivity index (χ4n) is 1.35.